The Bertz CT molecular complexity index is 700. The highest BCUT2D eigenvalue weighted by Gasteiger charge is 2.25. The van der Waals surface area contributed by atoms with Crippen LogP contribution < -0.4 is 0 Å². The predicted octanol–water partition coefficient (Wildman–Crippen LogP) is 3.35. The summed E-state index contributed by atoms with van der Waals surface area (Å²) in [5.41, 5.74) is 1.86. The first-order valence-electron chi connectivity index (χ1n) is 8.19. The summed E-state index contributed by atoms with van der Waals surface area (Å²) < 4.78 is 19.9. The molecular formula is C19H21FN2O2. The first-order chi connectivity index (χ1) is 11.6. The van der Waals surface area contributed by atoms with Gasteiger partial charge in [0, 0.05) is 32.1 Å². The van der Waals surface area contributed by atoms with Gasteiger partial charge in [0.15, 0.2) is 0 Å². The largest absolute Gasteiger partial charge is 0.376 e. The van der Waals surface area contributed by atoms with Crippen LogP contribution in [0.2, 0.25) is 0 Å². The minimum Gasteiger partial charge on any atom is -0.376 e. The summed E-state index contributed by atoms with van der Waals surface area (Å²) in [5.74, 6) is -0.785. The number of carbonyl (C=O) groups is 1. The SMILES string of the molecule is Cc1ccc(C(=O)N(Cc2ccncc2)C[C@H]2CCCO2)c(F)c1. The second-order valence-electron chi connectivity index (χ2n) is 6.16. The second-order valence-corrected chi connectivity index (χ2v) is 6.16. The zero-order valence-corrected chi connectivity index (χ0v) is 13.7. The fourth-order valence-electron chi connectivity index (χ4n) is 2.93. The lowest BCUT2D eigenvalue weighted by molar-refractivity contribution is 0.0503. The normalized spacial score (nSPS) is 17.0. The van der Waals surface area contributed by atoms with Crippen LogP contribution in [0.5, 0.6) is 0 Å². The second kappa shape index (κ2) is 7.53. The van der Waals surface area contributed by atoms with Crippen molar-refractivity contribution < 1.29 is 13.9 Å². The number of pyridine rings is 1. The zero-order chi connectivity index (χ0) is 16.9. The molecule has 2 heterocycles. The summed E-state index contributed by atoms with van der Waals surface area (Å²) in [6.07, 6.45) is 5.33. The monoisotopic (exact) mass is 328 g/mol. The number of halogens is 1. The van der Waals surface area contributed by atoms with Crippen molar-refractivity contribution in [1.29, 1.82) is 0 Å². The molecular weight excluding hydrogens is 307 g/mol. The number of rotatable bonds is 5. The highest BCUT2D eigenvalue weighted by atomic mass is 19.1. The molecule has 1 aromatic heterocycles. The van der Waals surface area contributed by atoms with Crippen LogP contribution in [0, 0.1) is 12.7 Å². The third kappa shape index (κ3) is 3.97. The van der Waals surface area contributed by atoms with E-state index in [1.165, 1.54) is 6.07 Å². The Morgan fingerprint density at radius 1 is 1.33 bits per heavy atom. The molecule has 3 rings (SSSR count). The predicted molar refractivity (Wildman–Crippen MR) is 89.1 cm³/mol. The number of hydrogen-bond donors (Lipinski definition) is 0. The molecule has 2 aromatic rings. The van der Waals surface area contributed by atoms with E-state index in [1.807, 2.05) is 12.1 Å². The summed E-state index contributed by atoms with van der Waals surface area (Å²) >= 11 is 0. The van der Waals surface area contributed by atoms with Gasteiger partial charge < -0.3 is 9.64 Å². The van der Waals surface area contributed by atoms with Crippen molar-refractivity contribution >= 4 is 5.91 Å². The lowest BCUT2D eigenvalue weighted by atomic mass is 10.1. The van der Waals surface area contributed by atoms with Crippen LogP contribution in [0.25, 0.3) is 0 Å². The van der Waals surface area contributed by atoms with E-state index in [9.17, 15) is 9.18 Å². The van der Waals surface area contributed by atoms with E-state index in [4.69, 9.17) is 4.74 Å². The molecule has 1 fully saturated rings. The van der Waals surface area contributed by atoms with Crippen molar-refractivity contribution in [3.63, 3.8) is 0 Å². The number of aryl methyl sites for hydroxylation is 1. The number of ether oxygens (including phenoxy) is 1. The lowest BCUT2D eigenvalue weighted by Gasteiger charge is -2.26. The van der Waals surface area contributed by atoms with Crippen LogP contribution >= 0.6 is 0 Å². The highest BCUT2D eigenvalue weighted by molar-refractivity contribution is 5.94. The van der Waals surface area contributed by atoms with Crippen molar-refractivity contribution in [1.82, 2.24) is 9.88 Å². The maximum atomic E-state index is 14.2. The molecule has 126 valence electrons. The molecule has 24 heavy (non-hydrogen) atoms. The molecule has 0 N–H and O–H groups in total. The van der Waals surface area contributed by atoms with E-state index in [-0.39, 0.29) is 17.6 Å². The number of benzene rings is 1. The Morgan fingerprint density at radius 2 is 2.12 bits per heavy atom. The third-order valence-electron chi connectivity index (χ3n) is 4.21. The quantitative estimate of drug-likeness (QED) is 0.845. The Hall–Kier alpha value is -2.27. The van der Waals surface area contributed by atoms with Crippen LogP contribution in [0.4, 0.5) is 4.39 Å². The van der Waals surface area contributed by atoms with Crippen LogP contribution in [-0.4, -0.2) is 35.0 Å². The van der Waals surface area contributed by atoms with Crippen molar-refractivity contribution in [2.75, 3.05) is 13.2 Å². The highest BCUT2D eigenvalue weighted by Crippen LogP contribution is 2.19. The fraction of sp³-hybridized carbons (Fsp3) is 0.368. The van der Waals surface area contributed by atoms with Crippen LogP contribution in [-0.2, 0) is 11.3 Å². The fourth-order valence-corrected chi connectivity index (χ4v) is 2.93. The molecule has 1 aliphatic rings. The third-order valence-corrected chi connectivity index (χ3v) is 4.21. The number of aromatic nitrogens is 1. The Morgan fingerprint density at radius 3 is 2.79 bits per heavy atom. The first-order valence-corrected chi connectivity index (χ1v) is 8.19. The van der Waals surface area contributed by atoms with Gasteiger partial charge in [0.2, 0.25) is 0 Å². The maximum Gasteiger partial charge on any atom is 0.257 e. The molecule has 5 heteroatoms. The average molecular weight is 328 g/mol. The minimum atomic E-state index is -0.480. The van der Waals surface area contributed by atoms with E-state index in [2.05, 4.69) is 4.98 Å². The molecule has 1 aliphatic heterocycles. The van der Waals surface area contributed by atoms with Gasteiger partial charge in [-0.25, -0.2) is 4.39 Å². The van der Waals surface area contributed by atoms with E-state index in [1.54, 1.807) is 36.4 Å². The van der Waals surface area contributed by atoms with Gasteiger partial charge in [-0.3, -0.25) is 9.78 Å². The molecule has 0 radical (unpaired) electrons. The molecule has 0 bridgehead atoms. The molecule has 0 spiro atoms. The molecule has 1 aromatic carbocycles. The number of hydrogen-bond acceptors (Lipinski definition) is 3. The molecule has 0 saturated carbocycles. The van der Waals surface area contributed by atoms with Gasteiger partial charge in [0.1, 0.15) is 5.82 Å². The van der Waals surface area contributed by atoms with E-state index >= 15 is 0 Å². The van der Waals surface area contributed by atoms with Gasteiger partial charge >= 0.3 is 0 Å². The van der Waals surface area contributed by atoms with Gasteiger partial charge in [0.05, 0.1) is 11.7 Å². The molecule has 0 aliphatic carbocycles. The lowest BCUT2D eigenvalue weighted by Crippen LogP contribution is -2.37. The standard InChI is InChI=1S/C19H21FN2O2/c1-14-4-5-17(18(20)11-14)19(23)22(13-16-3-2-10-24-16)12-15-6-8-21-9-7-15/h4-9,11,16H,2-3,10,12-13H2,1H3/t16-/m1/s1. The summed E-state index contributed by atoms with van der Waals surface area (Å²) in [4.78, 5) is 18.5. The Balaban J connectivity index is 1.83. The van der Waals surface area contributed by atoms with Gasteiger partial charge in [0.25, 0.3) is 5.91 Å². The molecule has 1 amide bonds. The van der Waals surface area contributed by atoms with Gasteiger partial charge in [-0.15, -0.1) is 0 Å². The number of carbonyl (C=O) groups excluding carboxylic acids is 1. The average Bonchev–Trinajstić information content (AvgIpc) is 3.08. The van der Waals surface area contributed by atoms with Crippen LogP contribution in [0.1, 0.15) is 34.3 Å². The van der Waals surface area contributed by atoms with Crippen molar-refractivity contribution in [2.45, 2.75) is 32.4 Å². The zero-order valence-electron chi connectivity index (χ0n) is 13.7. The van der Waals surface area contributed by atoms with E-state index in [0.29, 0.717) is 13.1 Å². The number of amides is 1. The van der Waals surface area contributed by atoms with Crippen molar-refractivity contribution in [3.8, 4) is 0 Å². The maximum absolute atomic E-state index is 14.2. The molecule has 1 atom stereocenters. The topological polar surface area (TPSA) is 42.4 Å². The molecule has 1 saturated heterocycles. The Labute approximate surface area is 141 Å². The molecule has 4 nitrogen and oxygen atoms in total. The van der Waals surface area contributed by atoms with Crippen molar-refractivity contribution in [2.24, 2.45) is 0 Å². The Kier molecular flexibility index (Phi) is 5.20. The summed E-state index contributed by atoms with van der Waals surface area (Å²) in [7, 11) is 0. The van der Waals surface area contributed by atoms with Crippen molar-refractivity contribution in [3.05, 3.63) is 65.2 Å². The van der Waals surface area contributed by atoms with Crippen LogP contribution in [0.3, 0.4) is 0 Å². The smallest absolute Gasteiger partial charge is 0.257 e. The minimum absolute atomic E-state index is 0.0179. The summed E-state index contributed by atoms with van der Waals surface area (Å²) in [5, 5.41) is 0. The van der Waals surface area contributed by atoms with Crippen LogP contribution in [0.15, 0.2) is 42.7 Å². The van der Waals surface area contributed by atoms with Gasteiger partial charge in [-0.05, 0) is 55.2 Å². The van der Waals surface area contributed by atoms with E-state index < -0.39 is 5.82 Å². The van der Waals surface area contributed by atoms with E-state index in [0.717, 1.165) is 30.6 Å². The van der Waals surface area contributed by atoms with Gasteiger partial charge in [-0.2, -0.15) is 0 Å². The molecule has 0 unspecified atom stereocenters. The summed E-state index contributed by atoms with van der Waals surface area (Å²) in [6.45, 7) is 3.41. The first kappa shape index (κ1) is 16.6. The summed E-state index contributed by atoms with van der Waals surface area (Å²) in [6, 6.07) is 8.43. The number of nitrogens with zero attached hydrogens (tertiary/aromatic N) is 2. The van der Waals surface area contributed by atoms with Gasteiger partial charge in [-0.1, -0.05) is 6.07 Å².